The van der Waals surface area contributed by atoms with Crippen LogP contribution in [-0.2, 0) is 11.2 Å². The molecule has 0 aliphatic carbocycles. The molecule has 0 atom stereocenters. The zero-order valence-electron chi connectivity index (χ0n) is 8.89. The van der Waals surface area contributed by atoms with Gasteiger partial charge in [0.15, 0.2) is 0 Å². The van der Waals surface area contributed by atoms with Gasteiger partial charge in [-0.15, -0.1) is 0 Å². The van der Waals surface area contributed by atoms with E-state index in [1.807, 2.05) is 24.3 Å². The zero-order valence-corrected chi connectivity index (χ0v) is 10.5. The number of aromatic nitrogens is 1. The molecule has 0 spiro atoms. The topological polar surface area (TPSA) is 63.3 Å². The number of carboxylic acid groups (broad SMARTS) is 1. The van der Waals surface area contributed by atoms with Gasteiger partial charge in [-0.3, -0.25) is 4.79 Å². The summed E-state index contributed by atoms with van der Waals surface area (Å²) in [6, 6.07) is 7.71. The molecule has 0 saturated carbocycles. The van der Waals surface area contributed by atoms with Crippen LogP contribution in [0.4, 0.5) is 0 Å². The minimum absolute atomic E-state index is 0.0491. The van der Waals surface area contributed by atoms with E-state index in [4.69, 9.17) is 9.63 Å². The number of carbonyl (C=O) groups is 1. The molecule has 1 heterocycles. The molecule has 2 rings (SSSR count). The number of benzene rings is 1. The third-order valence-corrected chi connectivity index (χ3v) is 2.85. The molecule has 0 saturated heterocycles. The quantitative estimate of drug-likeness (QED) is 0.941. The van der Waals surface area contributed by atoms with Gasteiger partial charge < -0.3 is 9.63 Å². The van der Waals surface area contributed by atoms with Crippen LogP contribution in [0.1, 0.15) is 12.1 Å². The molecule has 1 aromatic carbocycles. The summed E-state index contributed by atoms with van der Waals surface area (Å²) in [5.41, 5.74) is 2.47. The molecule has 4 nitrogen and oxygen atoms in total. The van der Waals surface area contributed by atoms with Crippen molar-refractivity contribution >= 4 is 21.9 Å². The van der Waals surface area contributed by atoms with Crippen LogP contribution in [0.15, 0.2) is 39.5 Å². The van der Waals surface area contributed by atoms with Gasteiger partial charge in [-0.1, -0.05) is 33.2 Å². The predicted octanol–water partition coefficient (Wildman–Crippen LogP) is 3.12. The molecule has 0 radical (unpaired) electrons. The summed E-state index contributed by atoms with van der Waals surface area (Å²) in [7, 11) is 0. The largest absolute Gasteiger partial charge is 0.481 e. The maximum absolute atomic E-state index is 10.5. The van der Waals surface area contributed by atoms with Gasteiger partial charge in [-0.2, -0.15) is 0 Å². The molecule has 0 fully saturated rings. The maximum Gasteiger partial charge on any atom is 0.303 e. The van der Waals surface area contributed by atoms with Crippen LogP contribution in [0.3, 0.4) is 0 Å². The van der Waals surface area contributed by atoms with Crippen molar-refractivity contribution in [2.75, 3.05) is 0 Å². The van der Waals surface area contributed by atoms with Gasteiger partial charge in [0.1, 0.15) is 6.26 Å². The third kappa shape index (κ3) is 2.94. The number of hydrogen-bond acceptors (Lipinski definition) is 3. The highest BCUT2D eigenvalue weighted by Gasteiger charge is 2.11. The summed E-state index contributed by atoms with van der Waals surface area (Å²) in [6.45, 7) is 0. The van der Waals surface area contributed by atoms with E-state index in [1.54, 1.807) is 6.26 Å². The SMILES string of the molecule is O=C(O)CCc1nocc1-c1cccc(Br)c1. The van der Waals surface area contributed by atoms with Crippen molar-refractivity contribution in [2.24, 2.45) is 0 Å². The molecule has 2 aromatic rings. The number of nitrogens with zero attached hydrogens (tertiary/aromatic N) is 1. The number of halogens is 1. The maximum atomic E-state index is 10.5. The lowest BCUT2D eigenvalue weighted by molar-refractivity contribution is -0.136. The fourth-order valence-corrected chi connectivity index (χ4v) is 1.96. The van der Waals surface area contributed by atoms with Crippen molar-refractivity contribution < 1.29 is 14.4 Å². The van der Waals surface area contributed by atoms with E-state index < -0.39 is 5.97 Å². The van der Waals surface area contributed by atoms with Crippen molar-refractivity contribution in [3.05, 3.63) is 40.7 Å². The molecule has 0 aliphatic rings. The third-order valence-electron chi connectivity index (χ3n) is 2.36. The van der Waals surface area contributed by atoms with Crippen LogP contribution in [0.5, 0.6) is 0 Å². The monoisotopic (exact) mass is 295 g/mol. The minimum atomic E-state index is -0.840. The average molecular weight is 296 g/mol. The highest BCUT2D eigenvalue weighted by atomic mass is 79.9. The lowest BCUT2D eigenvalue weighted by Crippen LogP contribution is -1.98. The van der Waals surface area contributed by atoms with Gasteiger partial charge in [-0.05, 0) is 17.7 Å². The van der Waals surface area contributed by atoms with Crippen molar-refractivity contribution in [3.8, 4) is 11.1 Å². The van der Waals surface area contributed by atoms with E-state index >= 15 is 0 Å². The Morgan fingerprint density at radius 1 is 1.47 bits per heavy atom. The van der Waals surface area contributed by atoms with E-state index in [1.165, 1.54) is 0 Å². The fraction of sp³-hybridized carbons (Fsp3) is 0.167. The Labute approximate surface area is 106 Å². The second-order valence-corrected chi connectivity index (χ2v) is 4.49. The number of hydrogen-bond donors (Lipinski definition) is 1. The van der Waals surface area contributed by atoms with Crippen LogP contribution < -0.4 is 0 Å². The Morgan fingerprint density at radius 3 is 3.00 bits per heavy atom. The highest BCUT2D eigenvalue weighted by molar-refractivity contribution is 9.10. The first-order valence-corrected chi connectivity index (χ1v) is 5.87. The molecule has 0 unspecified atom stereocenters. The van der Waals surface area contributed by atoms with Gasteiger partial charge in [0, 0.05) is 16.5 Å². The Balaban J connectivity index is 2.27. The Bertz CT molecular complexity index is 536. The lowest BCUT2D eigenvalue weighted by atomic mass is 10.0. The normalized spacial score (nSPS) is 10.4. The van der Waals surface area contributed by atoms with Crippen molar-refractivity contribution in [3.63, 3.8) is 0 Å². The van der Waals surface area contributed by atoms with Gasteiger partial charge in [0.25, 0.3) is 0 Å². The molecule has 0 amide bonds. The second kappa shape index (κ2) is 5.14. The van der Waals surface area contributed by atoms with Crippen molar-refractivity contribution in [2.45, 2.75) is 12.8 Å². The molecule has 0 aliphatic heterocycles. The summed E-state index contributed by atoms with van der Waals surface area (Å²) < 4.78 is 5.87. The second-order valence-electron chi connectivity index (χ2n) is 3.58. The average Bonchev–Trinajstić information content (AvgIpc) is 2.74. The number of carboxylic acids is 1. The first-order chi connectivity index (χ1) is 8.16. The van der Waals surface area contributed by atoms with Crippen molar-refractivity contribution in [1.29, 1.82) is 0 Å². The number of rotatable bonds is 4. The number of aliphatic carboxylic acids is 1. The van der Waals surface area contributed by atoms with Crippen molar-refractivity contribution in [1.82, 2.24) is 5.16 Å². The summed E-state index contributed by atoms with van der Waals surface area (Å²) in [4.78, 5) is 10.5. The van der Waals surface area contributed by atoms with Gasteiger partial charge in [-0.25, -0.2) is 0 Å². The van der Waals surface area contributed by atoms with E-state index in [0.717, 1.165) is 15.6 Å². The van der Waals surface area contributed by atoms with E-state index in [2.05, 4.69) is 21.1 Å². The molecule has 88 valence electrons. The van der Waals surface area contributed by atoms with E-state index in [0.29, 0.717) is 12.1 Å². The van der Waals surface area contributed by atoms with Gasteiger partial charge in [0.2, 0.25) is 0 Å². The predicted molar refractivity (Wildman–Crippen MR) is 65.6 cm³/mol. The molecule has 1 N–H and O–H groups in total. The Hall–Kier alpha value is -1.62. The summed E-state index contributed by atoms with van der Waals surface area (Å²) in [5, 5.41) is 12.5. The summed E-state index contributed by atoms with van der Waals surface area (Å²) in [6.07, 6.45) is 1.96. The zero-order chi connectivity index (χ0) is 12.3. The minimum Gasteiger partial charge on any atom is -0.481 e. The molecule has 0 bridgehead atoms. The molecular formula is C12H10BrNO3. The van der Waals surface area contributed by atoms with Crippen LogP contribution >= 0.6 is 15.9 Å². The van der Waals surface area contributed by atoms with E-state index in [9.17, 15) is 4.79 Å². The molecule has 1 aromatic heterocycles. The number of aryl methyl sites for hydroxylation is 1. The van der Waals surface area contributed by atoms with Crippen LogP contribution in [0, 0.1) is 0 Å². The van der Waals surface area contributed by atoms with Crippen LogP contribution in [0.25, 0.3) is 11.1 Å². The summed E-state index contributed by atoms with van der Waals surface area (Å²) in [5.74, 6) is -0.840. The van der Waals surface area contributed by atoms with E-state index in [-0.39, 0.29) is 6.42 Å². The van der Waals surface area contributed by atoms with Gasteiger partial charge >= 0.3 is 5.97 Å². The smallest absolute Gasteiger partial charge is 0.303 e. The molecule has 17 heavy (non-hydrogen) atoms. The highest BCUT2D eigenvalue weighted by Crippen LogP contribution is 2.26. The molecular weight excluding hydrogens is 286 g/mol. The Morgan fingerprint density at radius 2 is 2.29 bits per heavy atom. The first-order valence-electron chi connectivity index (χ1n) is 5.08. The van der Waals surface area contributed by atoms with Crippen LogP contribution in [-0.4, -0.2) is 16.2 Å². The first kappa shape index (κ1) is 11.9. The van der Waals surface area contributed by atoms with Gasteiger partial charge in [0.05, 0.1) is 12.1 Å². The summed E-state index contributed by atoms with van der Waals surface area (Å²) >= 11 is 3.39. The standard InChI is InChI=1S/C12H10BrNO3/c13-9-3-1-2-8(6-9)10-7-17-14-11(10)4-5-12(15)16/h1-3,6-7H,4-5H2,(H,15,16). The molecule has 5 heteroatoms. The Kier molecular flexibility index (Phi) is 3.58. The fourth-order valence-electron chi connectivity index (χ4n) is 1.56. The lowest BCUT2D eigenvalue weighted by Gasteiger charge is -2.00. The van der Waals surface area contributed by atoms with Crippen LogP contribution in [0.2, 0.25) is 0 Å².